The molecule has 2 saturated heterocycles. The molecule has 1 aliphatic carbocycles. The van der Waals surface area contributed by atoms with E-state index in [1.165, 1.54) is 11.6 Å². The van der Waals surface area contributed by atoms with Crippen LogP contribution in [0.3, 0.4) is 0 Å². The highest BCUT2D eigenvalue weighted by Gasteiger charge is 2.55. The molecule has 2 aromatic rings. The fraction of sp³-hybridized carbons (Fsp3) is 0.565. The number of hydrogen-bond acceptors (Lipinski definition) is 14. The molecule has 45 heavy (non-hydrogen) atoms. The third kappa shape index (κ3) is 6.82. The lowest BCUT2D eigenvalue weighted by Crippen LogP contribution is -2.73. The summed E-state index contributed by atoms with van der Waals surface area (Å²) in [5.74, 6) is -3.13. The maximum atomic E-state index is 13.4. The topological polar surface area (TPSA) is 300 Å². The van der Waals surface area contributed by atoms with Crippen molar-refractivity contribution in [3.05, 3.63) is 23.0 Å². The molecule has 5 rings (SSSR count). The molecule has 3 fully saturated rings. The zero-order chi connectivity index (χ0) is 32.5. The smallest absolute Gasteiger partial charge is 0.362 e. The van der Waals surface area contributed by atoms with E-state index in [-0.39, 0.29) is 53.1 Å². The molecular weight excluding hydrogens is 636 g/mol. The van der Waals surface area contributed by atoms with E-state index in [1.54, 1.807) is 0 Å². The number of nitrogens with one attached hydrogen (secondary N) is 1. The molecule has 2 amide bonds. The summed E-state index contributed by atoms with van der Waals surface area (Å²) in [4.78, 5) is 54.8. The minimum atomic E-state index is -5.03. The molecule has 3 atom stereocenters. The maximum Gasteiger partial charge on any atom is 0.362 e. The van der Waals surface area contributed by atoms with Crippen LogP contribution in [0.4, 0.5) is 5.13 Å². The van der Waals surface area contributed by atoms with Gasteiger partial charge in [0, 0.05) is 37.4 Å². The number of carbonyl (C=O) groups is 3. The number of aliphatic imine (C=N–C) groups is 1. The Morgan fingerprint density at radius 2 is 2.02 bits per heavy atom. The summed E-state index contributed by atoms with van der Waals surface area (Å²) in [5.41, 5.74) is 15.8. The lowest BCUT2D eigenvalue weighted by atomic mass is 9.98. The number of β-lactam (4-membered cyclic amide) rings is 1. The highest BCUT2D eigenvalue weighted by molar-refractivity contribution is 7.84. The molecule has 9 N–H and O–H groups in total. The van der Waals surface area contributed by atoms with E-state index in [0.29, 0.717) is 31.6 Å². The largest absolute Gasteiger partial charge is 0.478 e. The zero-order valence-corrected chi connectivity index (χ0v) is 25.4. The molecule has 2 aromatic heterocycles. The number of anilines is 1. The Morgan fingerprint density at radius 1 is 1.29 bits per heavy atom. The van der Waals surface area contributed by atoms with Crippen LogP contribution >= 0.6 is 11.3 Å². The van der Waals surface area contributed by atoms with Crippen LogP contribution in [0.15, 0.2) is 21.7 Å². The molecule has 244 valence electrons. The molecule has 22 heteroatoms. The lowest BCUT2D eigenvalue weighted by molar-refractivity contribution is -0.165. The van der Waals surface area contributed by atoms with Crippen LogP contribution in [-0.2, 0) is 42.6 Å². The van der Waals surface area contributed by atoms with Crippen LogP contribution in [0.25, 0.3) is 0 Å². The fourth-order valence-corrected chi connectivity index (χ4v) is 6.71. The second-order valence-electron chi connectivity index (χ2n) is 10.8. The molecule has 3 aliphatic rings. The number of aliphatic carboxylic acids is 1. The number of nitrogens with zero attached hydrogens (tertiary/aromatic N) is 8. The Kier molecular flexibility index (Phi) is 8.91. The monoisotopic (exact) mass is 668 g/mol. The van der Waals surface area contributed by atoms with Crippen molar-refractivity contribution in [1.29, 1.82) is 0 Å². The van der Waals surface area contributed by atoms with Crippen LogP contribution in [0.5, 0.6) is 0 Å². The number of nitrogen functional groups attached to an aromatic ring is 1. The molecule has 1 saturated carbocycles. The maximum absolute atomic E-state index is 13.4. The number of guanidine groups is 1. The number of carboxylic acid groups (broad SMARTS) is 1. The summed E-state index contributed by atoms with van der Waals surface area (Å²) < 4.78 is 33.9. The Balaban J connectivity index is 1.33. The van der Waals surface area contributed by atoms with Crippen molar-refractivity contribution in [1.82, 2.24) is 34.5 Å². The number of thiazole rings is 1. The molecule has 0 radical (unpaired) electrons. The van der Waals surface area contributed by atoms with Crippen LogP contribution in [0, 0.1) is 0 Å². The van der Waals surface area contributed by atoms with E-state index in [1.807, 2.05) is 4.90 Å². The summed E-state index contributed by atoms with van der Waals surface area (Å²) >= 11 is 0.975. The number of carbonyl (C=O) groups excluding carboxylic acids is 2. The van der Waals surface area contributed by atoms with Gasteiger partial charge in [-0.3, -0.25) is 14.1 Å². The van der Waals surface area contributed by atoms with Gasteiger partial charge in [0.1, 0.15) is 23.5 Å². The van der Waals surface area contributed by atoms with Crippen molar-refractivity contribution in [2.75, 3.05) is 18.8 Å². The second kappa shape index (κ2) is 12.5. The lowest BCUT2D eigenvalue weighted by Gasteiger charge is -2.43. The number of likely N-dealkylation sites (tertiary alicyclic amines) is 1. The minimum absolute atomic E-state index is 0.00666. The molecule has 4 heterocycles. The molecule has 0 aromatic carbocycles. The number of carboxylic acids is 1. The van der Waals surface area contributed by atoms with Crippen LogP contribution in [-0.4, -0.2) is 114 Å². The number of rotatable bonds is 11. The van der Waals surface area contributed by atoms with E-state index in [9.17, 15) is 32.5 Å². The fourth-order valence-electron chi connectivity index (χ4n) is 5.29. The minimum Gasteiger partial charge on any atom is -0.478 e. The Bertz CT molecular complexity index is 1630. The number of aromatic nitrogens is 4. The molecular formula is C23H32N12O8S2. The van der Waals surface area contributed by atoms with Gasteiger partial charge in [0.05, 0.1) is 19.3 Å². The van der Waals surface area contributed by atoms with E-state index < -0.39 is 51.5 Å². The van der Waals surface area contributed by atoms with Gasteiger partial charge in [-0.1, -0.05) is 5.16 Å². The van der Waals surface area contributed by atoms with Gasteiger partial charge in [-0.2, -0.15) is 23.4 Å². The Morgan fingerprint density at radius 3 is 2.62 bits per heavy atom. The van der Waals surface area contributed by atoms with Crippen molar-refractivity contribution in [3.8, 4) is 0 Å². The van der Waals surface area contributed by atoms with Gasteiger partial charge in [-0.15, -0.1) is 11.3 Å². The predicted octanol–water partition coefficient (Wildman–Crippen LogP) is -2.52. The summed E-state index contributed by atoms with van der Waals surface area (Å²) in [5, 5.41) is 25.7. The van der Waals surface area contributed by atoms with E-state index in [4.69, 9.17) is 22.0 Å². The molecule has 0 unspecified atom stereocenters. The van der Waals surface area contributed by atoms with Gasteiger partial charge >= 0.3 is 16.3 Å². The molecule has 0 bridgehead atoms. The average Bonchev–Trinajstić information content (AvgIpc) is 3.78. The van der Waals surface area contributed by atoms with Gasteiger partial charge < -0.3 is 37.4 Å². The van der Waals surface area contributed by atoms with Gasteiger partial charge in [0.15, 0.2) is 16.8 Å². The third-order valence-electron chi connectivity index (χ3n) is 7.68. The van der Waals surface area contributed by atoms with Crippen LogP contribution in [0.2, 0.25) is 0 Å². The Labute approximate surface area is 260 Å². The first-order chi connectivity index (χ1) is 21.3. The molecule has 2 aliphatic heterocycles. The van der Waals surface area contributed by atoms with Crippen molar-refractivity contribution in [2.24, 2.45) is 21.6 Å². The van der Waals surface area contributed by atoms with Crippen LogP contribution in [0.1, 0.15) is 43.5 Å². The third-order valence-corrected chi connectivity index (χ3v) is 9.30. The normalized spacial score (nSPS) is 23.7. The standard InChI is InChI=1S/C23H32N12O8S2/c24-12-3-6-33(9-12)21(25)27-7-13-8-28-34(31-13)10-15-17(19(37)35(15)45(40,41)42)30-18(36)16(14-11-44-22(26)29-14)32-43-23(20(38)39)4-1-2-5-23/h8,11-12,15,17H,1-7,9-10,24H2,(H2,25,27)(H2,26,29)(H,30,36)(H,38,39)(H,40,41,42)/b32-16-/t12-,15-,17+/m1/s1. The quantitative estimate of drug-likeness (QED) is 0.0473. The molecule has 20 nitrogen and oxygen atoms in total. The highest BCUT2D eigenvalue weighted by Crippen LogP contribution is 2.34. The highest BCUT2D eigenvalue weighted by atomic mass is 32.2. The zero-order valence-electron chi connectivity index (χ0n) is 23.7. The number of amides is 2. The van der Waals surface area contributed by atoms with Crippen molar-refractivity contribution in [2.45, 2.75) is 68.9 Å². The van der Waals surface area contributed by atoms with Crippen molar-refractivity contribution in [3.63, 3.8) is 0 Å². The first kappa shape index (κ1) is 32.0. The van der Waals surface area contributed by atoms with Gasteiger partial charge in [0.2, 0.25) is 5.60 Å². The van der Waals surface area contributed by atoms with Gasteiger partial charge in [-0.25, -0.2) is 19.1 Å². The Hall–Kier alpha value is -4.41. The second-order valence-corrected chi connectivity index (χ2v) is 13.0. The van der Waals surface area contributed by atoms with E-state index in [0.717, 1.165) is 22.6 Å². The summed E-state index contributed by atoms with van der Waals surface area (Å²) in [6.07, 6.45) is 3.63. The summed E-state index contributed by atoms with van der Waals surface area (Å²) in [7, 11) is -5.03. The van der Waals surface area contributed by atoms with E-state index >= 15 is 0 Å². The van der Waals surface area contributed by atoms with Gasteiger partial charge in [0.25, 0.3) is 11.8 Å². The van der Waals surface area contributed by atoms with Crippen molar-refractivity contribution < 1.29 is 37.3 Å². The number of nitrogens with two attached hydrogens (primary N) is 3. The van der Waals surface area contributed by atoms with Crippen molar-refractivity contribution >= 4 is 56.2 Å². The summed E-state index contributed by atoms with van der Waals surface area (Å²) in [6, 6.07) is -2.82. The number of hydrogen-bond donors (Lipinski definition) is 6. The number of oxime groups is 1. The first-order valence-electron chi connectivity index (χ1n) is 13.8. The average molecular weight is 669 g/mol. The summed E-state index contributed by atoms with van der Waals surface area (Å²) in [6.45, 7) is 0.945. The molecule has 0 spiro atoms. The van der Waals surface area contributed by atoms with Gasteiger partial charge in [-0.05, 0) is 19.3 Å². The predicted molar refractivity (Wildman–Crippen MR) is 157 cm³/mol. The van der Waals surface area contributed by atoms with Crippen LogP contribution < -0.4 is 22.5 Å². The SMILES string of the molecule is NC(=NCc1cnn(C[C@@H]2[C@H](NC(=O)/C(=N\OC3(C(=O)O)CCCC3)c3csc(N)n3)C(=O)N2S(=O)(=O)O)n1)N1CC[C@@H](N)C1. The first-order valence-corrected chi connectivity index (χ1v) is 16.1. The van der Waals surface area contributed by atoms with E-state index in [2.05, 4.69) is 30.6 Å².